The number of amides is 1. The van der Waals surface area contributed by atoms with E-state index in [1.54, 1.807) is 0 Å². The van der Waals surface area contributed by atoms with E-state index in [-0.39, 0.29) is 0 Å². The lowest BCUT2D eigenvalue weighted by atomic mass is 10.2. The van der Waals surface area contributed by atoms with Crippen LogP contribution in [0.25, 0.3) is 0 Å². The van der Waals surface area contributed by atoms with E-state index in [2.05, 4.69) is 0 Å². The van der Waals surface area contributed by atoms with Gasteiger partial charge in [0.1, 0.15) is 4.90 Å². The third-order valence-corrected chi connectivity index (χ3v) is 3.54. The van der Waals surface area contributed by atoms with Gasteiger partial charge in [-0.15, -0.1) is 0 Å². The normalized spacial score (nSPS) is 12.4. The molecule has 0 atom stereocenters. The van der Waals surface area contributed by atoms with E-state index < -0.39 is 41.5 Å². The van der Waals surface area contributed by atoms with Gasteiger partial charge in [-0.2, -0.15) is 16.8 Å². The summed E-state index contributed by atoms with van der Waals surface area (Å²) in [6.07, 6.45) is 0. The van der Waals surface area contributed by atoms with Crippen molar-refractivity contribution in [3.8, 4) is 0 Å². The van der Waals surface area contributed by atoms with Gasteiger partial charge < -0.3 is 5.73 Å². The summed E-state index contributed by atoms with van der Waals surface area (Å²) in [6.45, 7) is 0. The van der Waals surface area contributed by atoms with E-state index in [0.29, 0.717) is 6.07 Å². The number of carbonyl (C=O) groups excluding carboxylic acids is 1. The molecule has 17 heavy (non-hydrogen) atoms. The molecule has 0 aliphatic heterocycles. The Balaban J connectivity index is 3.69. The SMILES string of the molecule is NC(=O)c1ccc(S(=O)(=O)O)cc1S(=O)(=O)O. The lowest BCUT2D eigenvalue weighted by molar-refractivity contribution is 0.0996. The molecule has 0 heterocycles. The van der Waals surface area contributed by atoms with Crippen LogP contribution in [0.2, 0.25) is 0 Å². The minimum atomic E-state index is -4.84. The second kappa shape index (κ2) is 4.07. The molecule has 0 aliphatic rings. The van der Waals surface area contributed by atoms with E-state index in [4.69, 9.17) is 14.8 Å². The first-order valence-electron chi connectivity index (χ1n) is 3.92. The summed E-state index contributed by atoms with van der Waals surface area (Å²) >= 11 is 0. The van der Waals surface area contributed by atoms with Crippen molar-refractivity contribution in [3.63, 3.8) is 0 Å². The van der Waals surface area contributed by atoms with Crippen LogP contribution in [0.15, 0.2) is 28.0 Å². The van der Waals surface area contributed by atoms with E-state index in [0.717, 1.165) is 12.1 Å². The molecule has 0 radical (unpaired) electrons. The molecule has 0 spiro atoms. The van der Waals surface area contributed by atoms with Gasteiger partial charge >= 0.3 is 0 Å². The standard InChI is InChI=1S/C7H7NO7S2/c8-7(9)5-2-1-4(16(10,11)12)3-6(5)17(13,14)15/h1-3H,(H2,8,9)(H,10,11,12)(H,13,14,15). The first-order valence-corrected chi connectivity index (χ1v) is 6.80. The predicted octanol–water partition coefficient (Wildman–Crippen LogP) is -0.721. The van der Waals surface area contributed by atoms with Crippen LogP contribution in [0, 0.1) is 0 Å². The van der Waals surface area contributed by atoms with Crippen LogP contribution in [0.3, 0.4) is 0 Å². The van der Waals surface area contributed by atoms with Gasteiger partial charge in [-0.3, -0.25) is 13.9 Å². The number of hydrogen-bond donors (Lipinski definition) is 3. The van der Waals surface area contributed by atoms with Gasteiger partial charge in [0.05, 0.1) is 10.5 Å². The van der Waals surface area contributed by atoms with E-state index in [1.165, 1.54) is 0 Å². The molecule has 0 fully saturated rings. The largest absolute Gasteiger partial charge is 0.366 e. The summed E-state index contributed by atoms with van der Waals surface area (Å²) in [5.74, 6) is -1.17. The molecule has 0 saturated carbocycles. The number of primary amides is 1. The van der Waals surface area contributed by atoms with Gasteiger partial charge in [0.2, 0.25) is 5.91 Å². The summed E-state index contributed by atoms with van der Waals surface area (Å²) in [6, 6.07) is 1.99. The summed E-state index contributed by atoms with van der Waals surface area (Å²) in [7, 11) is -9.49. The van der Waals surface area contributed by atoms with Crippen molar-refractivity contribution in [1.82, 2.24) is 0 Å². The molecule has 94 valence electrons. The summed E-state index contributed by atoms with van der Waals surface area (Å²) in [4.78, 5) is 9.10. The fraction of sp³-hybridized carbons (Fsp3) is 0. The molecule has 1 rings (SSSR count). The highest BCUT2D eigenvalue weighted by Crippen LogP contribution is 2.20. The van der Waals surface area contributed by atoms with Crippen molar-refractivity contribution in [1.29, 1.82) is 0 Å². The number of carbonyl (C=O) groups is 1. The maximum atomic E-state index is 10.9. The topological polar surface area (TPSA) is 152 Å². The fourth-order valence-electron chi connectivity index (χ4n) is 1.08. The minimum absolute atomic E-state index is 0.435. The second-order valence-electron chi connectivity index (χ2n) is 2.97. The Morgan fingerprint density at radius 3 is 1.94 bits per heavy atom. The minimum Gasteiger partial charge on any atom is -0.366 e. The predicted molar refractivity (Wildman–Crippen MR) is 54.6 cm³/mol. The summed E-state index contributed by atoms with van der Waals surface area (Å²) in [5, 5.41) is 0. The van der Waals surface area contributed by atoms with Crippen molar-refractivity contribution in [2.24, 2.45) is 5.73 Å². The molecule has 0 saturated heterocycles. The third kappa shape index (κ3) is 3.00. The molecular formula is C7H7NO7S2. The summed E-state index contributed by atoms with van der Waals surface area (Å²) < 4.78 is 60.8. The Morgan fingerprint density at radius 1 is 1.06 bits per heavy atom. The van der Waals surface area contributed by atoms with Gasteiger partial charge in [0.15, 0.2) is 0 Å². The van der Waals surface area contributed by atoms with Crippen molar-refractivity contribution >= 4 is 26.1 Å². The van der Waals surface area contributed by atoms with Gasteiger partial charge in [-0.1, -0.05) is 0 Å². The molecule has 10 heteroatoms. The number of rotatable bonds is 3. The maximum Gasteiger partial charge on any atom is 0.295 e. The molecule has 0 bridgehead atoms. The lowest BCUT2D eigenvalue weighted by Crippen LogP contribution is -2.16. The highest BCUT2D eigenvalue weighted by atomic mass is 32.2. The van der Waals surface area contributed by atoms with E-state index in [1.807, 2.05) is 0 Å². The lowest BCUT2D eigenvalue weighted by Gasteiger charge is -2.05. The smallest absolute Gasteiger partial charge is 0.295 e. The second-order valence-corrected chi connectivity index (χ2v) is 5.78. The van der Waals surface area contributed by atoms with Crippen LogP contribution >= 0.6 is 0 Å². The van der Waals surface area contributed by atoms with Crippen LogP contribution in [0.4, 0.5) is 0 Å². The van der Waals surface area contributed by atoms with Crippen molar-refractivity contribution < 1.29 is 30.7 Å². The first kappa shape index (κ1) is 13.6. The Morgan fingerprint density at radius 2 is 1.59 bits per heavy atom. The molecule has 1 amide bonds. The maximum absolute atomic E-state index is 10.9. The van der Waals surface area contributed by atoms with Gasteiger partial charge in [0, 0.05) is 0 Å². The quantitative estimate of drug-likeness (QED) is 0.618. The highest BCUT2D eigenvalue weighted by molar-refractivity contribution is 7.86. The Labute approximate surface area is 96.6 Å². The van der Waals surface area contributed by atoms with E-state index >= 15 is 0 Å². The number of nitrogens with two attached hydrogens (primary N) is 1. The molecule has 1 aromatic rings. The molecule has 1 aromatic carbocycles. The molecule has 0 aliphatic carbocycles. The number of benzene rings is 1. The van der Waals surface area contributed by atoms with Crippen LogP contribution in [-0.4, -0.2) is 31.8 Å². The zero-order valence-corrected chi connectivity index (χ0v) is 9.69. The third-order valence-electron chi connectivity index (χ3n) is 1.79. The van der Waals surface area contributed by atoms with Crippen molar-refractivity contribution in [2.45, 2.75) is 9.79 Å². The van der Waals surface area contributed by atoms with Crippen molar-refractivity contribution in [3.05, 3.63) is 23.8 Å². The van der Waals surface area contributed by atoms with Crippen LogP contribution in [0.5, 0.6) is 0 Å². The summed E-state index contributed by atoms with van der Waals surface area (Å²) in [5.41, 5.74) is 4.26. The number of hydrogen-bond acceptors (Lipinski definition) is 5. The van der Waals surface area contributed by atoms with Gasteiger partial charge in [-0.25, -0.2) is 0 Å². The average molecular weight is 281 g/mol. The molecule has 0 aromatic heterocycles. The van der Waals surface area contributed by atoms with Gasteiger partial charge in [-0.05, 0) is 18.2 Å². The van der Waals surface area contributed by atoms with Crippen LogP contribution in [-0.2, 0) is 20.2 Å². The van der Waals surface area contributed by atoms with Crippen LogP contribution in [0.1, 0.15) is 10.4 Å². The van der Waals surface area contributed by atoms with Crippen LogP contribution < -0.4 is 5.73 Å². The molecular weight excluding hydrogens is 274 g/mol. The Kier molecular flexibility index (Phi) is 3.25. The highest BCUT2D eigenvalue weighted by Gasteiger charge is 2.22. The zero-order valence-electron chi connectivity index (χ0n) is 8.06. The first-order chi connectivity index (χ1) is 7.53. The molecule has 0 unspecified atom stereocenters. The Bertz CT molecular complexity index is 674. The molecule has 8 nitrogen and oxygen atoms in total. The van der Waals surface area contributed by atoms with Gasteiger partial charge in [0.25, 0.3) is 20.2 Å². The van der Waals surface area contributed by atoms with Crippen molar-refractivity contribution in [2.75, 3.05) is 0 Å². The van der Waals surface area contributed by atoms with E-state index in [9.17, 15) is 21.6 Å². The average Bonchev–Trinajstić information content (AvgIpc) is 2.14. The monoisotopic (exact) mass is 281 g/mol. The molecule has 4 N–H and O–H groups in total. The fourth-order valence-corrected chi connectivity index (χ4v) is 2.38. The zero-order chi connectivity index (χ0) is 13.4. The Hall–Kier alpha value is -1.49.